The maximum atomic E-state index is 11.9. The Kier molecular flexibility index (Phi) is 26.2. The lowest BCUT2D eigenvalue weighted by molar-refractivity contribution is -0.149. The van der Waals surface area contributed by atoms with Gasteiger partial charge in [0.2, 0.25) is 0 Å². The zero-order valence-electron chi connectivity index (χ0n) is 21.9. The van der Waals surface area contributed by atoms with Gasteiger partial charge in [0.15, 0.2) is 0 Å². The summed E-state index contributed by atoms with van der Waals surface area (Å²) < 4.78 is 10.9. The molecule has 0 aromatic rings. The molecule has 4 heteroatoms. The number of unbranched alkanes of at least 4 members (excludes halogenated alkanes) is 13. The number of carbonyl (C=O) groups is 1. The second kappa shape index (κ2) is 27.1. The highest BCUT2D eigenvalue weighted by atomic mass is 16.6. The van der Waals surface area contributed by atoms with E-state index in [1.165, 1.54) is 70.6 Å². The quantitative estimate of drug-likeness (QED) is 0.0839. The highest BCUT2D eigenvalue weighted by Crippen LogP contribution is 2.10. The van der Waals surface area contributed by atoms with Crippen LogP contribution in [0, 0.1) is 0 Å². The van der Waals surface area contributed by atoms with Crippen LogP contribution in [0.3, 0.4) is 0 Å². The molecule has 1 atom stereocenters. The number of carbonyl (C=O) groups excluding carboxylic acids is 1. The minimum atomic E-state index is -0.394. The van der Waals surface area contributed by atoms with Crippen LogP contribution >= 0.6 is 0 Å². The summed E-state index contributed by atoms with van der Waals surface area (Å²) in [5.74, 6) is -0.178. The fourth-order valence-corrected chi connectivity index (χ4v) is 3.62. The molecule has 0 aromatic heterocycles. The molecule has 0 aliphatic rings. The van der Waals surface area contributed by atoms with Crippen LogP contribution in [0.2, 0.25) is 0 Å². The molecule has 0 bridgehead atoms. The molecule has 0 aliphatic heterocycles. The molecular formula is C29H54O4. The van der Waals surface area contributed by atoms with Gasteiger partial charge in [0, 0.05) is 13.0 Å². The Morgan fingerprint density at radius 2 is 1.27 bits per heavy atom. The van der Waals surface area contributed by atoms with E-state index in [2.05, 4.69) is 38.2 Å². The monoisotopic (exact) mass is 466 g/mol. The first kappa shape index (κ1) is 31.9. The van der Waals surface area contributed by atoms with Gasteiger partial charge in [-0.1, -0.05) is 102 Å². The summed E-state index contributed by atoms with van der Waals surface area (Å²) in [7, 11) is 0. The number of hydrogen-bond donors (Lipinski definition) is 1. The average Bonchev–Trinajstić information content (AvgIpc) is 2.82. The normalized spacial score (nSPS) is 12.7. The Balaban J connectivity index is 3.49. The van der Waals surface area contributed by atoms with Crippen molar-refractivity contribution in [3.63, 3.8) is 0 Å². The topological polar surface area (TPSA) is 55.8 Å². The fraction of sp³-hybridized carbons (Fsp3) is 0.828. The Morgan fingerprint density at radius 3 is 1.94 bits per heavy atom. The number of ether oxygens (including phenoxy) is 2. The summed E-state index contributed by atoms with van der Waals surface area (Å²) in [6.07, 6.45) is 29.3. The van der Waals surface area contributed by atoms with Gasteiger partial charge in [-0.05, 0) is 44.9 Å². The van der Waals surface area contributed by atoms with Crippen molar-refractivity contribution in [2.75, 3.05) is 19.8 Å². The standard InChI is InChI=1S/C29H54O4/c1-3-5-7-9-11-12-13-14-15-16-17-18-19-20-22-24-29(31)33-27-28(26-30)32-25-23-21-10-8-6-4-2/h11-12,14-15,28,30H,3-10,13,16-27H2,1-2H3. The number of aliphatic hydroxyl groups excluding tert-OH is 1. The van der Waals surface area contributed by atoms with Gasteiger partial charge in [0.25, 0.3) is 0 Å². The van der Waals surface area contributed by atoms with Crippen molar-refractivity contribution in [2.24, 2.45) is 0 Å². The maximum Gasteiger partial charge on any atom is 0.305 e. The molecule has 0 radical (unpaired) electrons. The first-order valence-corrected chi connectivity index (χ1v) is 13.9. The molecule has 0 spiro atoms. The summed E-state index contributed by atoms with van der Waals surface area (Å²) in [4.78, 5) is 11.9. The molecule has 1 unspecified atom stereocenters. The van der Waals surface area contributed by atoms with Gasteiger partial charge in [-0.2, -0.15) is 0 Å². The molecule has 194 valence electrons. The Labute approximate surface area is 205 Å². The molecule has 0 aromatic carbocycles. The van der Waals surface area contributed by atoms with Crippen molar-refractivity contribution in [1.29, 1.82) is 0 Å². The third kappa shape index (κ3) is 25.3. The highest BCUT2D eigenvalue weighted by molar-refractivity contribution is 5.69. The summed E-state index contributed by atoms with van der Waals surface area (Å²) in [6.45, 7) is 5.13. The van der Waals surface area contributed by atoms with E-state index in [-0.39, 0.29) is 19.2 Å². The molecule has 0 saturated carbocycles. The second-order valence-electron chi connectivity index (χ2n) is 9.11. The Hall–Kier alpha value is -1.13. The second-order valence-corrected chi connectivity index (χ2v) is 9.11. The lowest BCUT2D eigenvalue weighted by Crippen LogP contribution is -2.26. The van der Waals surface area contributed by atoms with Gasteiger partial charge >= 0.3 is 5.97 Å². The lowest BCUT2D eigenvalue weighted by atomic mass is 10.1. The molecule has 33 heavy (non-hydrogen) atoms. The van der Waals surface area contributed by atoms with Crippen LogP contribution < -0.4 is 0 Å². The van der Waals surface area contributed by atoms with Gasteiger partial charge in [-0.3, -0.25) is 4.79 Å². The van der Waals surface area contributed by atoms with E-state index < -0.39 is 6.10 Å². The van der Waals surface area contributed by atoms with Gasteiger partial charge in [-0.15, -0.1) is 0 Å². The molecule has 0 heterocycles. The van der Waals surface area contributed by atoms with Crippen LogP contribution in [0.5, 0.6) is 0 Å². The SMILES string of the molecule is CCCCCC=CCC=CCCCCCCCC(=O)OCC(CO)OCCCCCCCC. The smallest absolute Gasteiger partial charge is 0.305 e. The first-order valence-electron chi connectivity index (χ1n) is 13.9. The van der Waals surface area contributed by atoms with E-state index in [4.69, 9.17) is 9.47 Å². The van der Waals surface area contributed by atoms with Crippen molar-refractivity contribution in [3.05, 3.63) is 24.3 Å². The summed E-state index contributed by atoms with van der Waals surface area (Å²) in [5.41, 5.74) is 0. The number of aliphatic hydroxyl groups is 1. The summed E-state index contributed by atoms with van der Waals surface area (Å²) in [6, 6.07) is 0. The number of allylic oxidation sites excluding steroid dienone is 4. The van der Waals surface area contributed by atoms with E-state index in [9.17, 15) is 9.90 Å². The maximum absolute atomic E-state index is 11.9. The van der Waals surface area contributed by atoms with Crippen molar-refractivity contribution in [3.8, 4) is 0 Å². The van der Waals surface area contributed by atoms with Crippen molar-refractivity contribution in [1.82, 2.24) is 0 Å². The predicted octanol–water partition coefficient (Wildman–Crippen LogP) is 8.08. The Bertz CT molecular complexity index is 459. The van der Waals surface area contributed by atoms with Crippen LogP contribution in [-0.4, -0.2) is 37.0 Å². The van der Waals surface area contributed by atoms with Crippen LogP contribution in [-0.2, 0) is 14.3 Å². The Morgan fingerprint density at radius 1 is 0.727 bits per heavy atom. The number of hydrogen-bond acceptors (Lipinski definition) is 4. The molecule has 0 amide bonds. The van der Waals surface area contributed by atoms with Crippen molar-refractivity contribution in [2.45, 2.75) is 136 Å². The molecule has 0 rings (SSSR count). The molecule has 1 N–H and O–H groups in total. The predicted molar refractivity (Wildman–Crippen MR) is 141 cm³/mol. The van der Waals surface area contributed by atoms with Gasteiger partial charge in [0.05, 0.1) is 6.61 Å². The zero-order valence-corrected chi connectivity index (χ0v) is 21.9. The summed E-state index contributed by atoms with van der Waals surface area (Å²) >= 11 is 0. The molecule has 0 saturated heterocycles. The van der Waals surface area contributed by atoms with E-state index >= 15 is 0 Å². The van der Waals surface area contributed by atoms with E-state index in [1.807, 2.05) is 0 Å². The van der Waals surface area contributed by atoms with E-state index in [0.717, 1.165) is 38.5 Å². The minimum Gasteiger partial charge on any atom is -0.463 e. The van der Waals surface area contributed by atoms with Gasteiger partial charge in [-0.25, -0.2) is 0 Å². The van der Waals surface area contributed by atoms with Crippen molar-refractivity contribution >= 4 is 5.97 Å². The number of rotatable bonds is 25. The highest BCUT2D eigenvalue weighted by Gasteiger charge is 2.11. The van der Waals surface area contributed by atoms with Crippen LogP contribution in [0.25, 0.3) is 0 Å². The van der Waals surface area contributed by atoms with Gasteiger partial charge in [0.1, 0.15) is 12.7 Å². The van der Waals surface area contributed by atoms with Crippen LogP contribution in [0.15, 0.2) is 24.3 Å². The largest absolute Gasteiger partial charge is 0.463 e. The van der Waals surface area contributed by atoms with Crippen LogP contribution in [0.4, 0.5) is 0 Å². The van der Waals surface area contributed by atoms with E-state index in [0.29, 0.717) is 13.0 Å². The first-order chi connectivity index (χ1) is 16.2. The van der Waals surface area contributed by atoms with Crippen LogP contribution in [0.1, 0.15) is 129 Å². The zero-order chi connectivity index (χ0) is 24.2. The fourth-order valence-electron chi connectivity index (χ4n) is 3.62. The third-order valence-electron chi connectivity index (χ3n) is 5.82. The minimum absolute atomic E-state index is 0.104. The lowest BCUT2D eigenvalue weighted by Gasteiger charge is -2.15. The average molecular weight is 467 g/mol. The summed E-state index contributed by atoms with van der Waals surface area (Å²) in [5, 5.41) is 9.40. The molecule has 0 fully saturated rings. The molecule has 0 aliphatic carbocycles. The third-order valence-corrected chi connectivity index (χ3v) is 5.82. The van der Waals surface area contributed by atoms with Gasteiger partial charge < -0.3 is 14.6 Å². The van der Waals surface area contributed by atoms with Crippen molar-refractivity contribution < 1.29 is 19.4 Å². The van der Waals surface area contributed by atoms with E-state index in [1.54, 1.807) is 0 Å². The molecule has 4 nitrogen and oxygen atoms in total. The molecular weight excluding hydrogens is 412 g/mol. The number of esters is 1.